The van der Waals surface area contributed by atoms with Crippen molar-refractivity contribution in [2.45, 2.75) is 0 Å². The van der Waals surface area contributed by atoms with Crippen LogP contribution >= 0.6 is 15.9 Å². The second kappa shape index (κ2) is 2.19. The van der Waals surface area contributed by atoms with Gasteiger partial charge in [-0.3, -0.25) is 4.68 Å². The molecule has 0 saturated carbocycles. The number of hydrogen-bond donors (Lipinski definition) is 0. The maximum Gasteiger partial charge on any atom is 0.133 e. The molecule has 0 amide bonds. The van der Waals surface area contributed by atoms with Crippen molar-refractivity contribution in [2.24, 2.45) is 7.05 Å². The molecule has 1 radical (unpaired) electrons. The van der Waals surface area contributed by atoms with Crippen molar-refractivity contribution in [3.63, 3.8) is 0 Å². The molecule has 45 valence electrons. The van der Waals surface area contributed by atoms with Gasteiger partial charge in [-0.05, 0) is 15.9 Å². The molecule has 1 rings (SSSR count). The summed E-state index contributed by atoms with van der Waals surface area (Å²) in [5.41, 5.74) is 0.442. The monoisotopic (exact) mass is 184 g/mol. The maximum absolute atomic E-state index is 8.37. The highest BCUT2D eigenvalue weighted by Crippen LogP contribution is 2.11. The van der Waals surface area contributed by atoms with Gasteiger partial charge < -0.3 is 0 Å². The molecule has 0 bridgehead atoms. The van der Waals surface area contributed by atoms with Crippen LogP contribution in [0.5, 0.6) is 0 Å². The number of halogens is 1. The molecular formula is C5H3BrN3. The quantitative estimate of drug-likeness (QED) is 0.601. The smallest absolute Gasteiger partial charge is 0.133 e. The van der Waals surface area contributed by atoms with E-state index in [4.69, 9.17) is 5.26 Å². The van der Waals surface area contributed by atoms with Gasteiger partial charge in [0, 0.05) is 7.05 Å². The molecule has 0 unspecified atom stereocenters. The molecule has 0 fully saturated rings. The Morgan fingerprint density at radius 3 is 2.78 bits per heavy atom. The fourth-order valence-corrected chi connectivity index (χ4v) is 0.705. The molecule has 0 N–H and O–H groups in total. The summed E-state index contributed by atoms with van der Waals surface area (Å²) in [7, 11) is 1.74. The van der Waals surface area contributed by atoms with Crippen LogP contribution in [0.1, 0.15) is 5.56 Å². The van der Waals surface area contributed by atoms with E-state index >= 15 is 0 Å². The van der Waals surface area contributed by atoms with E-state index in [1.165, 1.54) is 0 Å². The third kappa shape index (κ3) is 0.958. The van der Waals surface area contributed by atoms with Gasteiger partial charge in [0.1, 0.15) is 22.4 Å². The van der Waals surface area contributed by atoms with Gasteiger partial charge in [0.05, 0.1) is 0 Å². The van der Waals surface area contributed by atoms with Crippen molar-refractivity contribution < 1.29 is 0 Å². The van der Waals surface area contributed by atoms with Gasteiger partial charge in [-0.1, -0.05) is 0 Å². The van der Waals surface area contributed by atoms with Gasteiger partial charge in [-0.25, -0.2) is 0 Å². The Bertz CT molecular complexity index is 258. The van der Waals surface area contributed by atoms with Gasteiger partial charge >= 0.3 is 0 Å². The Morgan fingerprint density at radius 1 is 1.89 bits per heavy atom. The summed E-state index contributed by atoms with van der Waals surface area (Å²) in [5, 5.41) is 12.1. The zero-order valence-electron chi connectivity index (χ0n) is 4.72. The number of rotatable bonds is 0. The predicted octanol–water partition coefficient (Wildman–Crippen LogP) is 0.854. The van der Waals surface area contributed by atoms with Crippen molar-refractivity contribution in [3.8, 4) is 6.07 Å². The van der Waals surface area contributed by atoms with Crippen molar-refractivity contribution in [3.05, 3.63) is 16.4 Å². The molecular weight excluding hydrogens is 182 g/mol. The van der Waals surface area contributed by atoms with E-state index in [9.17, 15) is 0 Å². The minimum absolute atomic E-state index is 0.442. The van der Waals surface area contributed by atoms with Crippen molar-refractivity contribution in [1.82, 2.24) is 9.78 Å². The fourth-order valence-electron chi connectivity index (χ4n) is 0.448. The van der Waals surface area contributed by atoms with Crippen LogP contribution in [-0.2, 0) is 7.05 Å². The minimum atomic E-state index is 0.442. The van der Waals surface area contributed by atoms with Crippen LogP contribution in [0.4, 0.5) is 0 Å². The lowest BCUT2D eigenvalue weighted by Crippen LogP contribution is -1.88. The topological polar surface area (TPSA) is 41.6 Å². The van der Waals surface area contributed by atoms with Crippen LogP contribution in [0, 0.1) is 17.5 Å². The maximum atomic E-state index is 8.37. The lowest BCUT2D eigenvalue weighted by molar-refractivity contribution is 0.747. The van der Waals surface area contributed by atoms with E-state index < -0.39 is 0 Å². The van der Waals surface area contributed by atoms with Gasteiger partial charge in [0.15, 0.2) is 0 Å². The first-order chi connectivity index (χ1) is 4.25. The zero-order valence-corrected chi connectivity index (χ0v) is 6.31. The van der Waals surface area contributed by atoms with Crippen LogP contribution in [0.2, 0.25) is 0 Å². The Labute approximate surface area is 61.0 Å². The molecule has 4 heteroatoms. The summed E-state index contributed by atoms with van der Waals surface area (Å²) in [6.45, 7) is 0. The van der Waals surface area contributed by atoms with Crippen LogP contribution in [0.25, 0.3) is 0 Å². The van der Waals surface area contributed by atoms with E-state index in [2.05, 4.69) is 27.2 Å². The van der Waals surface area contributed by atoms with Crippen LogP contribution in [0.15, 0.2) is 4.60 Å². The van der Waals surface area contributed by atoms with Gasteiger partial charge in [0.2, 0.25) is 0 Å². The van der Waals surface area contributed by atoms with Crippen LogP contribution in [-0.4, -0.2) is 9.78 Å². The minimum Gasteiger partial charge on any atom is -0.259 e. The molecule has 0 aliphatic carbocycles. The second-order valence-corrected chi connectivity index (χ2v) is 2.26. The molecule has 1 heterocycles. The van der Waals surface area contributed by atoms with Crippen molar-refractivity contribution in [2.75, 3.05) is 0 Å². The van der Waals surface area contributed by atoms with E-state index in [0.29, 0.717) is 10.2 Å². The fraction of sp³-hybridized carbons (Fsp3) is 0.200. The molecule has 0 atom stereocenters. The van der Waals surface area contributed by atoms with E-state index in [1.54, 1.807) is 11.7 Å². The molecule has 9 heavy (non-hydrogen) atoms. The molecule has 0 aromatic carbocycles. The average molecular weight is 185 g/mol. The number of nitrogens with zero attached hydrogens (tertiary/aromatic N) is 3. The molecule has 1 aromatic heterocycles. The standard InChI is InChI=1S/C5H3BrN3/c1-9-5(6)4(2-7)3-8-9/h1H3. The Balaban J connectivity index is 3.24. The van der Waals surface area contributed by atoms with E-state index in [1.807, 2.05) is 6.07 Å². The predicted molar refractivity (Wildman–Crippen MR) is 34.5 cm³/mol. The summed E-state index contributed by atoms with van der Waals surface area (Å²) >= 11 is 3.16. The lowest BCUT2D eigenvalue weighted by atomic mass is 10.4. The molecule has 0 spiro atoms. The Kier molecular flexibility index (Phi) is 1.54. The van der Waals surface area contributed by atoms with E-state index in [-0.39, 0.29) is 0 Å². The first kappa shape index (κ1) is 6.30. The van der Waals surface area contributed by atoms with Crippen molar-refractivity contribution in [1.29, 1.82) is 5.26 Å². The molecule has 0 aliphatic heterocycles. The highest BCUT2D eigenvalue weighted by Gasteiger charge is 2.02. The SMILES string of the molecule is Cn1n[c]c(C#N)c1Br. The van der Waals surface area contributed by atoms with Crippen LogP contribution in [0.3, 0.4) is 0 Å². The zero-order chi connectivity index (χ0) is 6.85. The first-order valence-electron chi connectivity index (χ1n) is 2.26. The highest BCUT2D eigenvalue weighted by molar-refractivity contribution is 9.10. The Hall–Kier alpha value is -0.820. The van der Waals surface area contributed by atoms with Gasteiger partial charge in [-0.15, -0.1) is 0 Å². The van der Waals surface area contributed by atoms with Gasteiger partial charge in [-0.2, -0.15) is 10.4 Å². The molecule has 3 nitrogen and oxygen atoms in total. The average Bonchev–Trinajstić information content (AvgIpc) is 2.15. The summed E-state index contributed by atoms with van der Waals surface area (Å²) in [6, 6.07) is 1.93. The molecule has 0 saturated heterocycles. The second-order valence-electron chi connectivity index (χ2n) is 1.51. The van der Waals surface area contributed by atoms with E-state index in [0.717, 1.165) is 0 Å². The van der Waals surface area contributed by atoms with Gasteiger partial charge in [0.25, 0.3) is 0 Å². The lowest BCUT2D eigenvalue weighted by Gasteiger charge is -1.86. The number of nitriles is 1. The largest absolute Gasteiger partial charge is 0.259 e. The number of aromatic nitrogens is 2. The highest BCUT2D eigenvalue weighted by atomic mass is 79.9. The Morgan fingerprint density at radius 2 is 2.56 bits per heavy atom. The first-order valence-corrected chi connectivity index (χ1v) is 3.05. The summed E-state index contributed by atoms with van der Waals surface area (Å²) in [6.07, 6.45) is 2.53. The number of aryl methyl sites for hydroxylation is 1. The van der Waals surface area contributed by atoms with Crippen LogP contribution < -0.4 is 0 Å². The summed E-state index contributed by atoms with van der Waals surface area (Å²) < 4.78 is 2.21. The molecule has 0 aliphatic rings. The number of hydrogen-bond acceptors (Lipinski definition) is 2. The summed E-state index contributed by atoms with van der Waals surface area (Å²) in [4.78, 5) is 0. The third-order valence-corrected chi connectivity index (χ3v) is 1.82. The summed E-state index contributed by atoms with van der Waals surface area (Å²) in [5.74, 6) is 0. The third-order valence-electron chi connectivity index (χ3n) is 0.914. The van der Waals surface area contributed by atoms with Crippen molar-refractivity contribution >= 4 is 15.9 Å². The molecule has 1 aromatic rings. The normalized spacial score (nSPS) is 9.00.